The second kappa shape index (κ2) is 2.49. The van der Waals surface area contributed by atoms with E-state index in [1.807, 2.05) is 0 Å². The van der Waals surface area contributed by atoms with E-state index in [9.17, 15) is 0 Å². The van der Waals surface area contributed by atoms with Crippen molar-refractivity contribution in [2.75, 3.05) is 13.2 Å². The molecule has 0 saturated carbocycles. The zero-order chi connectivity index (χ0) is 5.98. The van der Waals surface area contributed by atoms with E-state index in [0.29, 0.717) is 0 Å². The summed E-state index contributed by atoms with van der Waals surface area (Å²) in [4.78, 5) is 0. The molecule has 1 aliphatic rings. The van der Waals surface area contributed by atoms with Crippen molar-refractivity contribution in [3.05, 3.63) is 0 Å². The molecular formula is C7H14O. The Hall–Kier alpha value is -0.0400. The highest BCUT2D eigenvalue weighted by Crippen LogP contribution is 2.21. The molecule has 0 spiro atoms. The smallest absolute Gasteiger partial charge is 0.0497 e. The van der Waals surface area contributed by atoms with Gasteiger partial charge in [0.15, 0.2) is 0 Å². The molecule has 0 aliphatic carbocycles. The van der Waals surface area contributed by atoms with Gasteiger partial charge in [0.25, 0.3) is 0 Å². The van der Waals surface area contributed by atoms with Crippen molar-refractivity contribution >= 4 is 0 Å². The standard InChI is InChI=1S/C7H14O/c1-3-7-5-8-4-6(7)2/h6-7H,3-5H2,1-2H3/t6-,7-/m1/s1. The summed E-state index contributed by atoms with van der Waals surface area (Å²) in [6, 6.07) is 0. The fourth-order valence-corrected chi connectivity index (χ4v) is 1.23. The third kappa shape index (κ3) is 1.03. The fraction of sp³-hybridized carbons (Fsp3) is 1.00. The van der Waals surface area contributed by atoms with Gasteiger partial charge in [0.1, 0.15) is 0 Å². The molecular weight excluding hydrogens is 100 g/mol. The third-order valence-corrected chi connectivity index (χ3v) is 2.04. The quantitative estimate of drug-likeness (QED) is 0.504. The van der Waals surface area contributed by atoms with Gasteiger partial charge in [0, 0.05) is 13.2 Å². The van der Waals surface area contributed by atoms with Crippen LogP contribution >= 0.6 is 0 Å². The molecule has 0 N–H and O–H groups in total. The Labute approximate surface area is 51.0 Å². The summed E-state index contributed by atoms with van der Waals surface area (Å²) in [5.41, 5.74) is 0. The molecule has 0 aromatic carbocycles. The summed E-state index contributed by atoms with van der Waals surface area (Å²) in [7, 11) is 0. The molecule has 0 unspecified atom stereocenters. The van der Waals surface area contributed by atoms with Crippen molar-refractivity contribution in [3.63, 3.8) is 0 Å². The van der Waals surface area contributed by atoms with Gasteiger partial charge in [-0.05, 0) is 11.8 Å². The van der Waals surface area contributed by atoms with Crippen LogP contribution in [0.15, 0.2) is 0 Å². The molecule has 1 fully saturated rings. The van der Waals surface area contributed by atoms with Crippen LogP contribution in [-0.2, 0) is 4.74 Å². The summed E-state index contributed by atoms with van der Waals surface area (Å²) in [5.74, 6) is 1.65. The van der Waals surface area contributed by atoms with Crippen molar-refractivity contribution < 1.29 is 4.74 Å². The highest BCUT2D eigenvalue weighted by molar-refractivity contribution is 4.69. The van der Waals surface area contributed by atoms with Gasteiger partial charge in [0.2, 0.25) is 0 Å². The van der Waals surface area contributed by atoms with Gasteiger partial charge in [-0.1, -0.05) is 20.3 Å². The zero-order valence-corrected chi connectivity index (χ0v) is 5.68. The lowest BCUT2D eigenvalue weighted by molar-refractivity contribution is 0.181. The molecule has 48 valence electrons. The molecule has 0 aromatic heterocycles. The Morgan fingerprint density at radius 1 is 1.50 bits per heavy atom. The van der Waals surface area contributed by atoms with E-state index in [0.717, 1.165) is 25.0 Å². The Morgan fingerprint density at radius 3 is 2.50 bits per heavy atom. The summed E-state index contributed by atoms with van der Waals surface area (Å²) >= 11 is 0. The van der Waals surface area contributed by atoms with Crippen LogP contribution in [0, 0.1) is 11.8 Å². The summed E-state index contributed by atoms with van der Waals surface area (Å²) in [6.45, 7) is 6.48. The summed E-state index contributed by atoms with van der Waals surface area (Å²) < 4.78 is 5.26. The SMILES string of the molecule is CC[C@@H]1COC[C@H]1C. The molecule has 1 aliphatic heterocycles. The Kier molecular flexibility index (Phi) is 1.90. The van der Waals surface area contributed by atoms with Gasteiger partial charge < -0.3 is 4.74 Å². The maximum atomic E-state index is 5.26. The van der Waals surface area contributed by atoms with Gasteiger partial charge >= 0.3 is 0 Å². The normalized spacial score (nSPS) is 38.2. The largest absolute Gasteiger partial charge is 0.381 e. The van der Waals surface area contributed by atoms with Crippen molar-refractivity contribution in [1.29, 1.82) is 0 Å². The first kappa shape index (κ1) is 6.09. The van der Waals surface area contributed by atoms with E-state index >= 15 is 0 Å². The van der Waals surface area contributed by atoms with Crippen LogP contribution in [0.2, 0.25) is 0 Å². The van der Waals surface area contributed by atoms with E-state index in [1.54, 1.807) is 0 Å². The maximum Gasteiger partial charge on any atom is 0.0497 e. The molecule has 1 rings (SSSR count). The van der Waals surface area contributed by atoms with Crippen LogP contribution in [0.5, 0.6) is 0 Å². The van der Waals surface area contributed by atoms with Crippen molar-refractivity contribution in [2.24, 2.45) is 11.8 Å². The molecule has 1 heteroatoms. The molecule has 1 heterocycles. The Bertz CT molecular complexity index is 70.8. The number of ether oxygens (including phenoxy) is 1. The predicted octanol–water partition coefficient (Wildman–Crippen LogP) is 1.68. The second-order valence-corrected chi connectivity index (χ2v) is 2.68. The van der Waals surface area contributed by atoms with E-state index in [-0.39, 0.29) is 0 Å². The minimum Gasteiger partial charge on any atom is -0.381 e. The highest BCUT2D eigenvalue weighted by Gasteiger charge is 2.21. The molecule has 8 heavy (non-hydrogen) atoms. The van der Waals surface area contributed by atoms with E-state index in [2.05, 4.69) is 13.8 Å². The Balaban J connectivity index is 2.30. The Morgan fingerprint density at radius 2 is 2.25 bits per heavy atom. The predicted molar refractivity (Wildman–Crippen MR) is 33.8 cm³/mol. The maximum absolute atomic E-state index is 5.26. The first-order chi connectivity index (χ1) is 3.84. The summed E-state index contributed by atoms with van der Waals surface area (Å²) in [6.07, 6.45) is 1.28. The minimum absolute atomic E-state index is 0.806. The van der Waals surface area contributed by atoms with Gasteiger partial charge in [0.05, 0.1) is 0 Å². The van der Waals surface area contributed by atoms with Gasteiger partial charge in [-0.15, -0.1) is 0 Å². The van der Waals surface area contributed by atoms with Crippen molar-refractivity contribution in [2.45, 2.75) is 20.3 Å². The lowest BCUT2D eigenvalue weighted by atomic mass is 9.96. The molecule has 0 radical (unpaired) electrons. The number of hydrogen-bond donors (Lipinski definition) is 0. The van der Waals surface area contributed by atoms with Crippen LogP contribution in [0.25, 0.3) is 0 Å². The molecule has 0 bridgehead atoms. The monoisotopic (exact) mass is 114 g/mol. The minimum atomic E-state index is 0.806. The lowest BCUT2D eigenvalue weighted by Crippen LogP contribution is -2.06. The number of rotatable bonds is 1. The molecule has 0 aromatic rings. The van der Waals surface area contributed by atoms with Crippen LogP contribution in [0.3, 0.4) is 0 Å². The van der Waals surface area contributed by atoms with Gasteiger partial charge in [-0.2, -0.15) is 0 Å². The first-order valence-electron chi connectivity index (χ1n) is 3.42. The fourth-order valence-electron chi connectivity index (χ4n) is 1.23. The first-order valence-corrected chi connectivity index (χ1v) is 3.42. The van der Waals surface area contributed by atoms with Crippen LogP contribution in [0.1, 0.15) is 20.3 Å². The summed E-state index contributed by atoms with van der Waals surface area (Å²) in [5, 5.41) is 0. The second-order valence-electron chi connectivity index (χ2n) is 2.68. The van der Waals surface area contributed by atoms with Crippen LogP contribution in [0.4, 0.5) is 0 Å². The molecule has 2 atom stereocenters. The van der Waals surface area contributed by atoms with E-state index in [1.165, 1.54) is 6.42 Å². The zero-order valence-electron chi connectivity index (χ0n) is 5.68. The molecule has 1 nitrogen and oxygen atoms in total. The molecule has 0 amide bonds. The van der Waals surface area contributed by atoms with Crippen LogP contribution < -0.4 is 0 Å². The van der Waals surface area contributed by atoms with Crippen molar-refractivity contribution in [1.82, 2.24) is 0 Å². The molecule has 1 saturated heterocycles. The van der Waals surface area contributed by atoms with Crippen molar-refractivity contribution in [3.8, 4) is 0 Å². The third-order valence-electron chi connectivity index (χ3n) is 2.04. The van der Waals surface area contributed by atoms with Gasteiger partial charge in [-0.25, -0.2) is 0 Å². The topological polar surface area (TPSA) is 9.23 Å². The highest BCUT2D eigenvalue weighted by atomic mass is 16.5. The average Bonchev–Trinajstić information content (AvgIpc) is 2.14. The lowest BCUT2D eigenvalue weighted by Gasteiger charge is -2.07. The average molecular weight is 114 g/mol. The van der Waals surface area contributed by atoms with Crippen LogP contribution in [-0.4, -0.2) is 13.2 Å². The number of hydrogen-bond acceptors (Lipinski definition) is 1. The van der Waals surface area contributed by atoms with E-state index < -0.39 is 0 Å². The van der Waals surface area contributed by atoms with Gasteiger partial charge in [-0.3, -0.25) is 0 Å². The van der Waals surface area contributed by atoms with E-state index in [4.69, 9.17) is 4.74 Å².